The van der Waals surface area contributed by atoms with Crippen LogP contribution in [0.4, 0.5) is 0 Å². The van der Waals surface area contributed by atoms with E-state index in [1.165, 1.54) is 12.1 Å². The first-order chi connectivity index (χ1) is 11.4. The highest BCUT2D eigenvalue weighted by molar-refractivity contribution is 7.89. The zero-order valence-electron chi connectivity index (χ0n) is 13.2. The van der Waals surface area contributed by atoms with Crippen LogP contribution in [0.25, 0.3) is 10.4 Å². The maximum absolute atomic E-state index is 12.2. The largest absolute Gasteiger partial charge is 0.395 e. The zero-order chi connectivity index (χ0) is 17.3. The molecule has 2 aromatic rings. The molecule has 0 bridgehead atoms. The number of rotatable bonds is 5. The second-order valence-electron chi connectivity index (χ2n) is 5.57. The number of aliphatic hydroxyl groups is 1. The van der Waals surface area contributed by atoms with Gasteiger partial charge >= 0.3 is 0 Å². The van der Waals surface area contributed by atoms with E-state index in [1.54, 1.807) is 35.4 Å². The van der Waals surface area contributed by atoms with Crippen molar-refractivity contribution in [1.82, 2.24) is 9.62 Å². The molecule has 1 aromatic carbocycles. The van der Waals surface area contributed by atoms with E-state index in [2.05, 4.69) is 4.72 Å². The van der Waals surface area contributed by atoms with Crippen LogP contribution in [0.2, 0.25) is 0 Å². The fourth-order valence-corrected chi connectivity index (χ4v) is 4.74. The lowest BCUT2D eigenvalue weighted by Gasteiger charge is -2.21. The number of amides is 1. The molecule has 0 saturated carbocycles. The molecular formula is C16H18N2O4S2. The third-order valence-electron chi connectivity index (χ3n) is 3.91. The van der Waals surface area contributed by atoms with Crippen molar-refractivity contribution in [3.63, 3.8) is 0 Å². The van der Waals surface area contributed by atoms with Crippen molar-refractivity contribution in [2.24, 2.45) is 0 Å². The van der Waals surface area contributed by atoms with Crippen molar-refractivity contribution < 1.29 is 18.3 Å². The van der Waals surface area contributed by atoms with E-state index in [0.29, 0.717) is 0 Å². The molecule has 24 heavy (non-hydrogen) atoms. The van der Waals surface area contributed by atoms with Crippen molar-refractivity contribution in [3.8, 4) is 10.4 Å². The van der Waals surface area contributed by atoms with Gasteiger partial charge in [-0.25, -0.2) is 13.1 Å². The van der Waals surface area contributed by atoms with Gasteiger partial charge in [0.25, 0.3) is 5.91 Å². The normalized spacial score (nSPS) is 14.8. The van der Waals surface area contributed by atoms with Crippen molar-refractivity contribution in [2.75, 3.05) is 26.7 Å². The lowest BCUT2D eigenvalue weighted by atomic mass is 10.1. The second-order valence-corrected chi connectivity index (χ2v) is 8.47. The molecule has 1 amide bonds. The van der Waals surface area contributed by atoms with Crippen LogP contribution in [-0.2, 0) is 16.4 Å². The number of fused-ring (bicyclic) bond motifs is 1. The van der Waals surface area contributed by atoms with E-state index in [1.807, 2.05) is 6.07 Å². The van der Waals surface area contributed by atoms with Gasteiger partial charge < -0.3 is 10.0 Å². The molecule has 3 rings (SSSR count). The van der Waals surface area contributed by atoms with Gasteiger partial charge in [0.15, 0.2) is 0 Å². The Bertz CT molecular complexity index is 857. The molecule has 6 nitrogen and oxygen atoms in total. The van der Waals surface area contributed by atoms with Crippen molar-refractivity contribution >= 4 is 27.3 Å². The number of aliphatic hydroxyl groups excluding tert-OH is 1. The number of carbonyl (C=O) groups is 1. The van der Waals surface area contributed by atoms with Gasteiger partial charge in [-0.2, -0.15) is 0 Å². The first-order valence-corrected chi connectivity index (χ1v) is 9.81. The number of benzene rings is 1. The Morgan fingerprint density at radius 3 is 2.67 bits per heavy atom. The molecule has 2 N–H and O–H groups in total. The standard InChI is InChI=1S/C16H18N2O4S2/c1-18-8-6-14-13(16(18)20)10-15(23-14)11-2-4-12(5-3-11)24(21,22)17-7-9-19/h2-5,10,17,19H,6-9H2,1H3. The summed E-state index contributed by atoms with van der Waals surface area (Å²) < 4.78 is 26.3. The maximum atomic E-state index is 12.2. The van der Waals surface area contributed by atoms with E-state index in [9.17, 15) is 13.2 Å². The fraction of sp³-hybridized carbons (Fsp3) is 0.312. The summed E-state index contributed by atoms with van der Waals surface area (Å²) in [4.78, 5) is 16.1. The van der Waals surface area contributed by atoms with E-state index in [4.69, 9.17) is 5.11 Å². The molecule has 0 fully saturated rings. The van der Waals surface area contributed by atoms with Gasteiger partial charge in [0.1, 0.15) is 0 Å². The predicted octanol–water partition coefficient (Wildman–Crippen LogP) is 1.31. The Labute approximate surface area is 144 Å². The minimum atomic E-state index is -3.61. The van der Waals surface area contributed by atoms with Gasteiger partial charge in [0, 0.05) is 36.3 Å². The predicted molar refractivity (Wildman–Crippen MR) is 92.7 cm³/mol. The zero-order valence-corrected chi connectivity index (χ0v) is 14.8. The average molecular weight is 366 g/mol. The maximum Gasteiger partial charge on any atom is 0.254 e. The molecule has 0 saturated heterocycles. The number of thiophene rings is 1. The lowest BCUT2D eigenvalue weighted by molar-refractivity contribution is 0.0782. The minimum absolute atomic E-state index is 0.0165. The molecule has 0 unspecified atom stereocenters. The summed E-state index contributed by atoms with van der Waals surface area (Å²) in [5, 5.41) is 8.73. The lowest BCUT2D eigenvalue weighted by Crippen LogP contribution is -2.32. The van der Waals surface area contributed by atoms with Crippen LogP contribution >= 0.6 is 11.3 Å². The van der Waals surface area contributed by atoms with Crippen LogP contribution in [0.15, 0.2) is 35.2 Å². The van der Waals surface area contributed by atoms with Gasteiger partial charge in [0.05, 0.1) is 17.1 Å². The first-order valence-electron chi connectivity index (χ1n) is 7.51. The highest BCUT2D eigenvalue weighted by Gasteiger charge is 2.24. The quantitative estimate of drug-likeness (QED) is 0.835. The number of hydrogen-bond donors (Lipinski definition) is 2. The first kappa shape index (κ1) is 17.1. The van der Waals surface area contributed by atoms with E-state index >= 15 is 0 Å². The molecule has 1 aliphatic heterocycles. The van der Waals surface area contributed by atoms with Crippen molar-refractivity contribution in [1.29, 1.82) is 0 Å². The van der Waals surface area contributed by atoms with Gasteiger partial charge in [-0.05, 0) is 23.8 Å². The van der Waals surface area contributed by atoms with Gasteiger partial charge in [-0.1, -0.05) is 12.1 Å². The van der Waals surface area contributed by atoms with Gasteiger partial charge in [-0.15, -0.1) is 11.3 Å². The molecular weight excluding hydrogens is 348 g/mol. The monoisotopic (exact) mass is 366 g/mol. The van der Waals surface area contributed by atoms with Crippen LogP contribution in [0.5, 0.6) is 0 Å². The number of carbonyl (C=O) groups excluding carboxylic acids is 1. The number of nitrogens with zero attached hydrogens (tertiary/aromatic N) is 1. The summed E-state index contributed by atoms with van der Waals surface area (Å²) in [6, 6.07) is 8.41. The summed E-state index contributed by atoms with van der Waals surface area (Å²) in [7, 11) is -1.81. The van der Waals surface area contributed by atoms with E-state index < -0.39 is 10.0 Å². The van der Waals surface area contributed by atoms with Crippen LogP contribution in [0, 0.1) is 0 Å². The summed E-state index contributed by atoms with van der Waals surface area (Å²) in [5.74, 6) is 0.0335. The molecule has 0 spiro atoms. The Hall–Kier alpha value is -1.74. The average Bonchev–Trinajstić information content (AvgIpc) is 3.02. The van der Waals surface area contributed by atoms with Gasteiger partial charge in [0.2, 0.25) is 10.0 Å². The molecule has 128 valence electrons. The smallest absolute Gasteiger partial charge is 0.254 e. The Morgan fingerprint density at radius 2 is 2.00 bits per heavy atom. The van der Waals surface area contributed by atoms with Crippen molar-refractivity contribution in [2.45, 2.75) is 11.3 Å². The summed E-state index contributed by atoms with van der Waals surface area (Å²) in [6.45, 7) is 0.456. The molecule has 2 heterocycles. The van der Waals surface area contributed by atoms with Crippen LogP contribution in [0.3, 0.4) is 0 Å². The Balaban J connectivity index is 1.87. The van der Waals surface area contributed by atoms with E-state index in [-0.39, 0.29) is 24.0 Å². The summed E-state index contributed by atoms with van der Waals surface area (Å²) >= 11 is 1.58. The summed E-state index contributed by atoms with van der Waals surface area (Å²) in [6.07, 6.45) is 0.847. The molecule has 8 heteroatoms. The van der Waals surface area contributed by atoms with Gasteiger partial charge in [-0.3, -0.25) is 4.79 Å². The molecule has 1 aromatic heterocycles. The minimum Gasteiger partial charge on any atom is -0.395 e. The number of nitrogens with one attached hydrogen (secondary N) is 1. The second kappa shape index (κ2) is 6.64. The van der Waals surface area contributed by atoms with Crippen molar-refractivity contribution in [3.05, 3.63) is 40.8 Å². The highest BCUT2D eigenvalue weighted by atomic mass is 32.2. The molecule has 0 aliphatic carbocycles. The Kier molecular flexibility index (Phi) is 4.73. The molecule has 0 atom stereocenters. The number of hydrogen-bond acceptors (Lipinski definition) is 5. The number of likely N-dealkylation sites (N-methyl/N-ethyl adjacent to an activating group) is 1. The fourth-order valence-electron chi connectivity index (χ4n) is 2.58. The molecule has 0 radical (unpaired) electrons. The van der Waals surface area contributed by atoms with E-state index in [0.717, 1.165) is 33.8 Å². The highest BCUT2D eigenvalue weighted by Crippen LogP contribution is 2.34. The van der Waals surface area contributed by atoms with Crippen LogP contribution in [-0.4, -0.2) is 51.1 Å². The topological polar surface area (TPSA) is 86.7 Å². The third-order valence-corrected chi connectivity index (χ3v) is 6.63. The van der Waals surface area contributed by atoms with Crippen LogP contribution in [0.1, 0.15) is 15.2 Å². The number of sulfonamides is 1. The van der Waals surface area contributed by atoms with Crippen LogP contribution < -0.4 is 4.72 Å². The SMILES string of the molecule is CN1CCc2sc(-c3ccc(S(=O)(=O)NCCO)cc3)cc2C1=O. The summed E-state index contributed by atoms with van der Waals surface area (Å²) in [5.41, 5.74) is 1.62. The molecule has 1 aliphatic rings. The third kappa shape index (κ3) is 3.23. The Morgan fingerprint density at radius 1 is 1.29 bits per heavy atom.